The molecule has 1 aliphatic rings. The Balaban J connectivity index is 1.71. The zero-order valence-corrected chi connectivity index (χ0v) is 21.5. The van der Waals surface area contributed by atoms with Crippen LogP contribution in [0.15, 0.2) is 12.3 Å². The number of aromatic nitrogens is 3. The molecular formula is C19H31ClN4O8P2. The van der Waals surface area contributed by atoms with Crippen LogP contribution >= 0.6 is 26.8 Å². The van der Waals surface area contributed by atoms with E-state index in [0.717, 1.165) is 30.3 Å². The van der Waals surface area contributed by atoms with E-state index in [-0.39, 0.29) is 24.2 Å². The minimum absolute atomic E-state index is 0.0246. The van der Waals surface area contributed by atoms with E-state index in [0.29, 0.717) is 5.65 Å². The van der Waals surface area contributed by atoms with Gasteiger partial charge in [-0.05, 0) is 18.9 Å². The second-order valence-electron chi connectivity index (χ2n) is 8.45. The molecule has 3 rings (SSSR count). The molecule has 2 unspecified atom stereocenters. The van der Waals surface area contributed by atoms with Crippen molar-refractivity contribution in [2.75, 3.05) is 24.4 Å². The van der Waals surface area contributed by atoms with Gasteiger partial charge in [0, 0.05) is 18.4 Å². The summed E-state index contributed by atoms with van der Waals surface area (Å²) in [7, 11) is -9.24. The molecule has 0 saturated carbocycles. The van der Waals surface area contributed by atoms with Crippen molar-refractivity contribution in [2.24, 2.45) is 5.92 Å². The Morgan fingerprint density at radius 3 is 2.71 bits per heavy atom. The van der Waals surface area contributed by atoms with Gasteiger partial charge in [-0.2, -0.15) is 5.10 Å². The molecule has 5 atom stereocenters. The molecule has 1 aliphatic heterocycles. The van der Waals surface area contributed by atoms with Crippen LogP contribution in [0.2, 0.25) is 5.15 Å². The minimum Gasteiger partial charge on any atom is -0.392 e. The Kier molecular flexibility index (Phi) is 9.17. The number of anilines is 1. The molecule has 192 valence electrons. The Labute approximate surface area is 202 Å². The number of nitrogens with one attached hydrogen (secondary N) is 1. The van der Waals surface area contributed by atoms with Gasteiger partial charge in [0.05, 0.1) is 36.6 Å². The molecule has 34 heavy (non-hydrogen) atoms. The highest BCUT2D eigenvalue weighted by Gasteiger charge is 2.36. The van der Waals surface area contributed by atoms with Crippen LogP contribution in [-0.4, -0.2) is 65.8 Å². The molecule has 0 spiro atoms. The summed E-state index contributed by atoms with van der Waals surface area (Å²) in [5.41, 5.74) is 1.31. The fraction of sp³-hybridized carbons (Fsp3) is 0.684. The maximum Gasteiger partial charge on any atom is 0.340 e. The van der Waals surface area contributed by atoms with Gasteiger partial charge in [0.1, 0.15) is 5.15 Å². The number of hydrogen-bond acceptors (Lipinski definition) is 8. The third kappa shape index (κ3) is 7.22. The van der Waals surface area contributed by atoms with Crippen LogP contribution in [0.4, 0.5) is 5.69 Å². The predicted molar refractivity (Wildman–Crippen MR) is 127 cm³/mol. The van der Waals surface area contributed by atoms with E-state index in [2.05, 4.69) is 29.2 Å². The van der Waals surface area contributed by atoms with Gasteiger partial charge < -0.3 is 34.4 Å². The highest BCUT2D eigenvalue weighted by molar-refractivity contribution is 7.70. The van der Waals surface area contributed by atoms with E-state index in [1.54, 1.807) is 12.3 Å². The summed E-state index contributed by atoms with van der Waals surface area (Å²) < 4.78 is 35.0. The van der Waals surface area contributed by atoms with Crippen molar-refractivity contribution < 1.29 is 38.2 Å². The zero-order valence-electron chi connectivity index (χ0n) is 18.9. The van der Waals surface area contributed by atoms with Crippen LogP contribution < -0.4 is 5.32 Å². The summed E-state index contributed by atoms with van der Waals surface area (Å²) in [4.78, 5) is 31.8. The standard InChI is InChI=1S/C19H31ClN4O8P2/c1-3-5-13(4-2)22-15-6-17(20)23-19-14(15)8-21-24(19)18-7-16(25)12(9-31-18)10-32-34(29,30)11-33(26,27)28/h6,8,12-13,16,18,25H,3-5,7,9-11H2,1-2H3,(H,22,23)(H,29,30)(H2,26,27,28)/t12-,13?,16+,18-/m1/s1. The number of aliphatic hydroxyl groups is 1. The van der Waals surface area contributed by atoms with Crippen LogP contribution in [0.5, 0.6) is 0 Å². The molecule has 0 bridgehead atoms. The van der Waals surface area contributed by atoms with Gasteiger partial charge in [0.2, 0.25) is 0 Å². The molecule has 0 amide bonds. The summed E-state index contributed by atoms with van der Waals surface area (Å²) in [5, 5.41) is 19.5. The van der Waals surface area contributed by atoms with Gasteiger partial charge in [-0.25, -0.2) is 9.67 Å². The average molecular weight is 541 g/mol. The van der Waals surface area contributed by atoms with Crippen LogP contribution in [0, 0.1) is 5.92 Å². The van der Waals surface area contributed by atoms with E-state index < -0.39 is 46.0 Å². The highest BCUT2D eigenvalue weighted by atomic mass is 35.5. The monoisotopic (exact) mass is 540 g/mol. The first-order valence-corrected chi connectivity index (χ1v) is 15.0. The maximum atomic E-state index is 11.9. The molecular weight excluding hydrogens is 510 g/mol. The molecule has 1 fully saturated rings. The minimum atomic E-state index is -4.73. The Hall–Kier alpha value is -1.07. The van der Waals surface area contributed by atoms with Crippen molar-refractivity contribution in [2.45, 2.75) is 57.9 Å². The highest BCUT2D eigenvalue weighted by Crippen LogP contribution is 2.55. The summed E-state index contributed by atoms with van der Waals surface area (Å²) in [6.45, 7) is 3.81. The molecule has 0 aliphatic carbocycles. The van der Waals surface area contributed by atoms with Gasteiger partial charge in [0.25, 0.3) is 0 Å². The number of rotatable bonds is 11. The largest absolute Gasteiger partial charge is 0.392 e. The zero-order chi connectivity index (χ0) is 25.1. The SMILES string of the molecule is CCCC(CC)Nc1cc(Cl)nc2c1cnn2[C@H]1C[C@H](O)[C@@H](COP(=O)(O)CP(=O)(O)O)CO1. The lowest BCUT2D eigenvalue weighted by Crippen LogP contribution is -2.38. The number of aliphatic hydroxyl groups excluding tert-OH is 1. The molecule has 2 aromatic heterocycles. The van der Waals surface area contributed by atoms with Gasteiger partial charge in [-0.15, -0.1) is 0 Å². The van der Waals surface area contributed by atoms with E-state index in [1.165, 1.54) is 4.68 Å². The first-order valence-electron chi connectivity index (χ1n) is 11.0. The average Bonchev–Trinajstić information content (AvgIpc) is 3.14. The van der Waals surface area contributed by atoms with Crippen LogP contribution in [0.3, 0.4) is 0 Å². The van der Waals surface area contributed by atoms with Gasteiger partial charge in [0.15, 0.2) is 17.8 Å². The number of hydrogen-bond donors (Lipinski definition) is 5. The number of halogens is 1. The normalized spacial score (nSPS) is 24.1. The van der Waals surface area contributed by atoms with Crippen LogP contribution in [-0.2, 0) is 18.4 Å². The maximum absolute atomic E-state index is 11.9. The van der Waals surface area contributed by atoms with Gasteiger partial charge in [-0.1, -0.05) is 31.9 Å². The molecule has 1 saturated heterocycles. The quantitative estimate of drug-likeness (QED) is 0.209. The number of pyridine rings is 1. The lowest BCUT2D eigenvalue weighted by Gasteiger charge is -2.33. The predicted octanol–water partition coefficient (Wildman–Crippen LogP) is 3.31. The smallest absolute Gasteiger partial charge is 0.340 e. The molecule has 5 N–H and O–H groups in total. The fourth-order valence-electron chi connectivity index (χ4n) is 3.89. The summed E-state index contributed by atoms with van der Waals surface area (Å²) in [6, 6.07) is 2.03. The molecule has 3 heterocycles. The van der Waals surface area contributed by atoms with Crippen molar-refractivity contribution in [1.29, 1.82) is 0 Å². The topological polar surface area (TPSA) is 176 Å². The first kappa shape index (κ1) is 27.5. The second kappa shape index (κ2) is 11.3. The van der Waals surface area contributed by atoms with Crippen molar-refractivity contribution in [3.05, 3.63) is 17.4 Å². The molecule has 0 aromatic carbocycles. The van der Waals surface area contributed by atoms with Crippen molar-refractivity contribution in [1.82, 2.24) is 14.8 Å². The summed E-state index contributed by atoms with van der Waals surface area (Å²) in [6.07, 6.45) is 3.12. The summed E-state index contributed by atoms with van der Waals surface area (Å²) >= 11 is 6.27. The molecule has 0 radical (unpaired) electrons. The Morgan fingerprint density at radius 2 is 2.09 bits per heavy atom. The van der Waals surface area contributed by atoms with E-state index in [4.69, 9.17) is 30.6 Å². The Bertz CT molecular complexity index is 1080. The van der Waals surface area contributed by atoms with Crippen molar-refractivity contribution in [3.8, 4) is 0 Å². The second-order valence-corrected chi connectivity index (χ2v) is 12.8. The summed E-state index contributed by atoms with van der Waals surface area (Å²) in [5.74, 6) is -1.95. The van der Waals surface area contributed by atoms with Crippen molar-refractivity contribution >= 4 is 43.5 Å². The number of nitrogens with zero attached hydrogens (tertiary/aromatic N) is 3. The van der Waals surface area contributed by atoms with Crippen LogP contribution in [0.25, 0.3) is 11.0 Å². The Morgan fingerprint density at radius 1 is 1.35 bits per heavy atom. The first-order chi connectivity index (χ1) is 15.9. The number of ether oxygens (including phenoxy) is 1. The lowest BCUT2D eigenvalue weighted by atomic mass is 9.98. The number of fused-ring (bicyclic) bond motifs is 1. The third-order valence-corrected chi connectivity index (χ3v) is 9.29. The van der Waals surface area contributed by atoms with Crippen LogP contribution in [0.1, 0.15) is 45.8 Å². The fourth-order valence-corrected chi connectivity index (χ4v) is 6.70. The van der Waals surface area contributed by atoms with Crippen molar-refractivity contribution in [3.63, 3.8) is 0 Å². The van der Waals surface area contributed by atoms with E-state index >= 15 is 0 Å². The van der Waals surface area contributed by atoms with E-state index in [9.17, 15) is 19.1 Å². The third-order valence-electron chi connectivity index (χ3n) is 5.64. The van der Waals surface area contributed by atoms with E-state index in [1.807, 2.05) is 0 Å². The van der Waals surface area contributed by atoms with Gasteiger partial charge in [-0.3, -0.25) is 9.13 Å². The van der Waals surface area contributed by atoms with Gasteiger partial charge >= 0.3 is 15.2 Å². The molecule has 15 heteroatoms. The molecule has 2 aromatic rings. The molecule has 12 nitrogen and oxygen atoms in total. The lowest BCUT2D eigenvalue weighted by molar-refractivity contribution is -0.125.